The lowest BCUT2D eigenvalue weighted by Gasteiger charge is -2.14. The molecule has 0 fully saturated rings. The molecule has 0 radical (unpaired) electrons. The average molecular weight is 301 g/mol. The first-order valence-electron chi connectivity index (χ1n) is 6.30. The molecule has 2 aromatic carbocycles. The van der Waals surface area contributed by atoms with E-state index in [0.717, 1.165) is 16.3 Å². The minimum atomic E-state index is -2.48. The maximum atomic E-state index is 11.9. The fraction of sp³-hybridized carbons (Fsp3) is 0.333. The second-order valence-electron chi connectivity index (χ2n) is 4.45. The largest absolute Gasteiger partial charge is 0.388 e. The second-order valence-corrected chi connectivity index (χ2v) is 4.86. The topological polar surface area (TPSA) is 29.5 Å². The minimum Gasteiger partial charge on any atom is -0.388 e. The van der Waals surface area contributed by atoms with Gasteiger partial charge in [0.05, 0.1) is 6.10 Å². The van der Waals surface area contributed by atoms with Crippen molar-refractivity contribution in [3.63, 3.8) is 0 Å². The van der Waals surface area contributed by atoms with Crippen LogP contribution in [-0.2, 0) is 4.74 Å². The fourth-order valence-electron chi connectivity index (χ4n) is 2.10. The van der Waals surface area contributed by atoms with Crippen LogP contribution in [0.2, 0.25) is 5.02 Å². The Kier molecular flexibility index (Phi) is 5.29. The third kappa shape index (κ3) is 3.66. The van der Waals surface area contributed by atoms with Crippen LogP contribution in [-0.4, -0.2) is 24.7 Å². The molecule has 2 aromatic rings. The first-order valence-corrected chi connectivity index (χ1v) is 6.68. The summed E-state index contributed by atoms with van der Waals surface area (Å²) in [5, 5.41) is 12.5. The number of halogens is 3. The summed E-state index contributed by atoms with van der Waals surface area (Å²) < 4.78 is 28.7. The van der Waals surface area contributed by atoms with Crippen molar-refractivity contribution < 1.29 is 18.6 Å². The van der Waals surface area contributed by atoms with Crippen LogP contribution in [0.5, 0.6) is 0 Å². The van der Waals surface area contributed by atoms with Crippen molar-refractivity contribution in [2.45, 2.75) is 19.0 Å². The molecule has 0 aliphatic carbocycles. The molecule has 108 valence electrons. The third-order valence-electron chi connectivity index (χ3n) is 3.04. The van der Waals surface area contributed by atoms with Gasteiger partial charge in [-0.2, -0.15) is 0 Å². The number of hydrogen-bond acceptors (Lipinski definition) is 2. The standard InChI is InChI=1S/C15H15ClF2O2/c16-13-6-5-12(10-3-1-2-4-11(10)13)14(19)7-8-20-9-15(17)18/h1-6,14-15,19H,7-9H2. The molecule has 20 heavy (non-hydrogen) atoms. The van der Waals surface area contributed by atoms with Crippen LogP contribution in [0, 0.1) is 0 Å². The van der Waals surface area contributed by atoms with E-state index in [-0.39, 0.29) is 13.0 Å². The Morgan fingerprint density at radius 3 is 2.50 bits per heavy atom. The van der Waals surface area contributed by atoms with Gasteiger partial charge in [-0.3, -0.25) is 0 Å². The van der Waals surface area contributed by atoms with Crippen LogP contribution in [0.4, 0.5) is 8.78 Å². The second kappa shape index (κ2) is 6.97. The Hall–Kier alpha value is -1.23. The average Bonchev–Trinajstić information content (AvgIpc) is 2.44. The van der Waals surface area contributed by atoms with Gasteiger partial charge in [-0.05, 0) is 17.0 Å². The van der Waals surface area contributed by atoms with Crippen LogP contribution >= 0.6 is 11.6 Å². The van der Waals surface area contributed by atoms with Gasteiger partial charge in [0, 0.05) is 23.4 Å². The van der Waals surface area contributed by atoms with E-state index in [1.165, 1.54) is 0 Å². The minimum absolute atomic E-state index is 0.0858. The molecule has 0 aromatic heterocycles. The van der Waals surface area contributed by atoms with Crippen molar-refractivity contribution in [1.29, 1.82) is 0 Å². The van der Waals surface area contributed by atoms with Gasteiger partial charge in [0.1, 0.15) is 6.61 Å². The van der Waals surface area contributed by atoms with Gasteiger partial charge in [-0.15, -0.1) is 0 Å². The number of alkyl halides is 2. The first-order chi connectivity index (χ1) is 9.59. The Morgan fingerprint density at radius 2 is 1.80 bits per heavy atom. The van der Waals surface area contributed by atoms with Gasteiger partial charge in [0.25, 0.3) is 6.43 Å². The van der Waals surface area contributed by atoms with Gasteiger partial charge in [-0.1, -0.05) is 41.9 Å². The molecule has 0 saturated carbocycles. The fourth-order valence-corrected chi connectivity index (χ4v) is 2.33. The molecular formula is C15H15ClF2O2. The van der Waals surface area contributed by atoms with Crippen LogP contribution < -0.4 is 0 Å². The monoisotopic (exact) mass is 300 g/mol. The molecule has 1 atom stereocenters. The Balaban J connectivity index is 2.10. The highest BCUT2D eigenvalue weighted by Gasteiger charge is 2.13. The Morgan fingerprint density at radius 1 is 1.10 bits per heavy atom. The molecule has 0 aliphatic heterocycles. The summed E-state index contributed by atoms with van der Waals surface area (Å²) in [6.45, 7) is -0.517. The van der Waals surface area contributed by atoms with Crippen molar-refractivity contribution in [1.82, 2.24) is 0 Å². The van der Waals surface area contributed by atoms with Crippen molar-refractivity contribution in [2.24, 2.45) is 0 Å². The molecule has 1 N–H and O–H groups in total. The molecule has 0 aliphatic rings. The number of fused-ring (bicyclic) bond motifs is 1. The molecule has 0 saturated heterocycles. The van der Waals surface area contributed by atoms with Crippen LogP contribution in [0.25, 0.3) is 10.8 Å². The zero-order valence-corrected chi connectivity index (χ0v) is 11.5. The van der Waals surface area contributed by atoms with E-state index in [0.29, 0.717) is 5.02 Å². The van der Waals surface area contributed by atoms with E-state index in [1.54, 1.807) is 12.1 Å². The molecule has 0 spiro atoms. The predicted molar refractivity (Wildman–Crippen MR) is 75.4 cm³/mol. The molecular weight excluding hydrogens is 286 g/mol. The summed E-state index contributed by atoms with van der Waals surface area (Å²) in [7, 11) is 0. The summed E-state index contributed by atoms with van der Waals surface area (Å²) in [6, 6.07) is 11.0. The number of hydrogen-bond donors (Lipinski definition) is 1. The quantitative estimate of drug-likeness (QED) is 0.810. The summed E-state index contributed by atoms with van der Waals surface area (Å²) in [5.74, 6) is 0. The van der Waals surface area contributed by atoms with Crippen molar-refractivity contribution in [2.75, 3.05) is 13.2 Å². The lowest BCUT2D eigenvalue weighted by Crippen LogP contribution is -2.08. The first kappa shape index (κ1) is 15.2. The van der Waals surface area contributed by atoms with Gasteiger partial charge >= 0.3 is 0 Å². The number of benzene rings is 2. The summed E-state index contributed by atoms with van der Waals surface area (Å²) in [6.07, 6.45) is -2.99. The normalized spacial score (nSPS) is 13.1. The number of aliphatic hydroxyl groups excluding tert-OH is 1. The molecule has 0 heterocycles. The van der Waals surface area contributed by atoms with Gasteiger partial charge in [0.2, 0.25) is 0 Å². The smallest absolute Gasteiger partial charge is 0.261 e. The number of aliphatic hydroxyl groups is 1. The van der Waals surface area contributed by atoms with Crippen molar-refractivity contribution in [3.8, 4) is 0 Å². The molecule has 2 nitrogen and oxygen atoms in total. The van der Waals surface area contributed by atoms with Crippen molar-refractivity contribution >= 4 is 22.4 Å². The summed E-state index contributed by atoms with van der Waals surface area (Å²) >= 11 is 6.11. The van der Waals surface area contributed by atoms with E-state index in [2.05, 4.69) is 0 Å². The van der Waals surface area contributed by atoms with E-state index < -0.39 is 19.1 Å². The molecule has 2 rings (SSSR count). The van der Waals surface area contributed by atoms with E-state index in [1.807, 2.05) is 24.3 Å². The number of ether oxygens (including phenoxy) is 1. The SMILES string of the molecule is OC(CCOCC(F)F)c1ccc(Cl)c2ccccc12. The van der Waals surface area contributed by atoms with Gasteiger partial charge in [0.15, 0.2) is 0 Å². The van der Waals surface area contributed by atoms with Gasteiger partial charge < -0.3 is 9.84 Å². The zero-order chi connectivity index (χ0) is 14.5. The Bertz CT molecular complexity index is 575. The summed E-state index contributed by atoms with van der Waals surface area (Å²) in [5.41, 5.74) is 0.727. The highest BCUT2D eigenvalue weighted by Crippen LogP contribution is 2.31. The maximum absolute atomic E-state index is 11.9. The van der Waals surface area contributed by atoms with Crippen LogP contribution in [0.15, 0.2) is 36.4 Å². The van der Waals surface area contributed by atoms with E-state index in [9.17, 15) is 13.9 Å². The van der Waals surface area contributed by atoms with Gasteiger partial charge in [-0.25, -0.2) is 8.78 Å². The van der Waals surface area contributed by atoms with E-state index >= 15 is 0 Å². The highest BCUT2D eigenvalue weighted by atomic mass is 35.5. The number of rotatable bonds is 6. The Labute approximate surface area is 120 Å². The highest BCUT2D eigenvalue weighted by molar-refractivity contribution is 6.35. The lowest BCUT2D eigenvalue weighted by atomic mass is 9.99. The lowest BCUT2D eigenvalue weighted by molar-refractivity contribution is 0.00495. The van der Waals surface area contributed by atoms with Crippen molar-refractivity contribution in [3.05, 3.63) is 47.0 Å². The zero-order valence-electron chi connectivity index (χ0n) is 10.7. The molecule has 0 amide bonds. The molecule has 1 unspecified atom stereocenters. The van der Waals surface area contributed by atoms with Crippen LogP contribution in [0.3, 0.4) is 0 Å². The maximum Gasteiger partial charge on any atom is 0.261 e. The summed E-state index contributed by atoms with van der Waals surface area (Å²) in [4.78, 5) is 0. The molecule has 0 bridgehead atoms. The van der Waals surface area contributed by atoms with Crippen LogP contribution in [0.1, 0.15) is 18.1 Å². The van der Waals surface area contributed by atoms with E-state index in [4.69, 9.17) is 16.3 Å². The predicted octanol–water partition coefficient (Wildman–Crippen LogP) is 4.20. The molecule has 5 heteroatoms. The third-order valence-corrected chi connectivity index (χ3v) is 3.37.